The van der Waals surface area contributed by atoms with E-state index >= 15 is 0 Å². The number of benzene rings is 1. The molecule has 0 fully saturated rings. The van der Waals surface area contributed by atoms with Crippen molar-refractivity contribution in [2.24, 2.45) is 7.05 Å². The highest BCUT2D eigenvalue weighted by Gasteiger charge is 2.32. The summed E-state index contributed by atoms with van der Waals surface area (Å²) in [7, 11) is 1.81. The van der Waals surface area contributed by atoms with Crippen LogP contribution in [0.1, 0.15) is 21.6 Å². The van der Waals surface area contributed by atoms with E-state index in [0.717, 1.165) is 17.8 Å². The molecule has 1 amide bonds. The van der Waals surface area contributed by atoms with Gasteiger partial charge in [0.05, 0.1) is 5.56 Å². The fourth-order valence-electron chi connectivity index (χ4n) is 2.74. The molecule has 0 atom stereocenters. The molecule has 0 aliphatic rings. The van der Waals surface area contributed by atoms with Crippen LogP contribution >= 0.6 is 0 Å². The number of rotatable bonds is 3. The van der Waals surface area contributed by atoms with Crippen molar-refractivity contribution in [1.29, 1.82) is 0 Å². The number of halogens is 3. The third-order valence-electron chi connectivity index (χ3n) is 3.94. The number of carbonyl (C=O) groups excluding carboxylic acids is 1. The van der Waals surface area contributed by atoms with Gasteiger partial charge in [-0.3, -0.25) is 9.78 Å². The molecule has 26 heavy (non-hydrogen) atoms. The SMILES string of the molecule is Cc1cn(C)cc1C(=O)Nc1ccccc1-c1ccnc(C(F)(F)F)c1. The normalized spacial score (nSPS) is 11.4. The van der Waals surface area contributed by atoms with E-state index in [1.807, 2.05) is 20.2 Å². The van der Waals surface area contributed by atoms with E-state index in [1.165, 1.54) is 6.07 Å². The van der Waals surface area contributed by atoms with Gasteiger partial charge >= 0.3 is 6.18 Å². The van der Waals surface area contributed by atoms with Crippen LogP contribution in [0.25, 0.3) is 11.1 Å². The van der Waals surface area contributed by atoms with Crippen LogP contribution in [0.3, 0.4) is 0 Å². The first kappa shape index (κ1) is 17.7. The molecule has 0 radical (unpaired) electrons. The molecule has 3 aromatic rings. The van der Waals surface area contributed by atoms with E-state index in [4.69, 9.17) is 0 Å². The van der Waals surface area contributed by atoms with Gasteiger partial charge in [-0.2, -0.15) is 13.2 Å². The maximum atomic E-state index is 12.9. The fraction of sp³-hybridized carbons (Fsp3) is 0.158. The van der Waals surface area contributed by atoms with Crippen molar-refractivity contribution in [2.75, 3.05) is 5.32 Å². The lowest BCUT2D eigenvalue weighted by Crippen LogP contribution is -2.13. The summed E-state index contributed by atoms with van der Waals surface area (Å²) >= 11 is 0. The second-order valence-corrected chi connectivity index (χ2v) is 5.95. The molecule has 0 bridgehead atoms. The number of pyridine rings is 1. The predicted molar refractivity (Wildman–Crippen MR) is 92.8 cm³/mol. The molecule has 2 heterocycles. The van der Waals surface area contributed by atoms with Crippen LogP contribution in [0, 0.1) is 6.92 Å². The summed E-state index contributed by atoms with van der Waals surface area (Å²) in [6.45, 7) is 1.82. The van der Waals surface area contributed by atoms with Crippen molar-refractivity contribution >= 4 is 11.6 Å². The topological polar surface area (TPSA) is 46.9 Å². The third kappa shape index (κ3) is 3.61. The minimum absolute atomic E-state index is 0.319. The minimum Gasteiger partial charge on any atom is -0.356 e. The Morgan fingerprint density at radius 3 is 2.54 bits per heavy atom. The minimum atomic E-state index is -4.53. The van der Waals surface area contributed by atoms with Crippen LogP contribution in [0.15, 0.2) is 55.0 Å². The van der Waals surface area contributed by atoms with E-state index < -0.39 is 11.9 Å². The van der Waals surface area contributed by atoms with Gasteiger partial charge in [-0.25, -0.2) is 0 Å². The van der Waals surface area contributed by atoms with Crippen molar-refractivity contribution in [3.63, 3.8) is 0 Å². The average molecular weight is 359 g/mol. The Balaban J connectivity index is 1.97. The number of nitrogens with one attached hydrogen (secondary N) is 1. The Labute approximate surface area is 148 Å². The molecule has 0 spiro atoms. The van der Waals surface area contributed by atoms with E-state index in [0.29, 0.717) is 22.4 Å². The average Bonchev–Trinajstić information content (AvgIpc) is 2.93. The molecule has 4 nitrogen and oxygen atoms in total. The Morgan fingerprint density at radius 2 is 1.88 bits per heavy atom. The van der Waals surface area contributed by atoms with Crippen molar-refractivity contribution in [2.45, 2.75) is 13.1 Å². The summed E-state index contributed by atoms with van der Waals surface area (Å²) in [5.74, 6) is -0.319. The molecule has 0 aliphatic heterocycles. The predicted octanol–water partition coefficient (Wildman–Crippen LogP) is 4.67. The second-order valence-electron chi connectivity index (χ2n) is 5.95. The van der Waals surface area contributed by atoms with Gasteiger partial charge in [-0.15, -0.1) is 0 Å². The van der Waals surface area contributed by atoms with Crippen LogP contribution in [0.2, 0.25) is 0 Å². The first-order chi connectivity index (χ1) is 12.3. The summed E-state index contributed by atoms with van der Waals surface area (Å²) in [5, 5.41) is 2.78. The largest absolute Gasteiger partial charge is 0.433 e. The van der Waals surface area contributed by atoms with Crippen molar-refractivity contribution < 1.29 is 18.0 Å². The zero-order valence-corrected chi connectivity index (χ0v) is 14.1. The van der Waals surface area contributed by atoms with E-state index in [-0.39, 0.29) is 5.91 Å². The summed E-state index contributed by atoms with van der Waals surface area (Å²) in [4.78, 5) is 15.9. The molecule has 0 saturated carbocycles. The number of amides is 1. The van der Waals surface area contributed by atoms with Crippen molar-refractivity contribution in [1.82, 2.24) is 9.55 Å². The highest BCUT2D eigenvalue weighted by molar-refractivity contribution is 6.07. The molecular formula is C19H16F3N3O. The standard InChI is InChI=1S/C19H16F3N3O/c1-12-10-25(2)11-15(12)18(26)24-16-6-4-3-5-14(16)13-7-8-23-17(9-13)19(20,21)22/h3-11H,1-2H3,(H,24,26). The monoisotopic (exact) mass is 359 g/mol. The quantitative estimate of drug-likeness (QED) is 0.739. The maximum absolute atomic E-state index is 12.9. The Kier molecular flexibility index (Phi) is 4.54. The number of hydrogen-bond donors (Lipinski definition) is 1. The van der Waals surface area contributed by atoms with E-state index in [2.05, 4.69) is 10.3 Å². The number of nitrogens with zero attached hydrogens (tertiary/aromatic N) is 2. The van der Waals surface area contributed by atoms with Gasteiger partial charge in [0.15, 0.2) is 0 Å². The summed E-state index contributed by atoms with van der Waals surface area (Å²) in [5.41, 5.74) is 1.59. The van der Waals surface area contributed by atoms with Gasteiger partial charge in [0.1, 0.15) is 5.69 Å². The van der Waals surface area contributed by atoms with Gasteiger partial charge in [0.25, 0.3) is 5.91 Å². The van der Waals surface area contributed by atoms with E-state index in [1.54, 1.807) is 35.0 Å². The van der Waals surface area contributed by atoms with Gasteiger partial charge < -0.3 is 9.88 Å². The Bertz CT molecular complexity index is 961. The van der Waals surface area contributed by atoms with Gasteiger partial charge in [0, 0.05) is 36.9 Å². The van der Waals surface area contributed by atoms with Crippen LogP contribution in [-0.4, -0.2) is 15.5 Å². The molecule has 7 heteroatoms. The summed E-state index contributed by atoms with van der Waals surface area (Å²) in [6.07, 6.45) is 0.0915. The van der Waals surface area contributed by atoms with Crippen molar-refractivity contribution in [3.8, 4) is 11.1 Å². The molecule has 0 saturated heterocycles. The van der Waals surface area contributed by atoms with Crippen LogP contribution in [-0.2, 0) is 13.2 Å². The Hall–Kier alpha value is -3.09. The lowest BCUT2D eigenvalue weighted by molar-refractivity contribution is -0.141. The molecular weight excluding hydrogens is 343 g/mol. The number of para-hydroxylation sites is 1. The lowest BCUT2D eigenvalue weighted by Gasteiger charge is -2.13. The number of carbonyl (C=O) groups is 1. The first-order valence-corrected chi connectivity index (χ1v) is 7.82. The molecule has 3 rings (SSSR count). The number of aryl methyl sites for hydroxylation is 2. The molecule has 0 aliphatic carbocycles. The fourth-order valence-corrected chi connectivity index (χ4v) is 2.74. The zero-order chi connectivity index (χ0) is 18.9. The molecule has 0 unspecified atom stereocenters. The van der Waals surface area contributed by atoms with Crippen LogP contribution in [0.5, 0.6) is 0 Å². The molecule has 1 N–H and O–H groups in total. The number of alkyl halides is 3. The smallest absolute Gasteiger partial charge is 0.356 e. The van der Waals surface area contributed by atoms with Gasteiger partial charge in [-0.1, -0.05) is 18.2 Å². The van der Waals surface area contributed by atoms with Gasteiger partial charge in [0.2, 0.25) is 0 Å². The first-order valence-electron chi connectivity index (χ1n) is 7.82. The summed E-state index contributed by atoms with van der Waals surface area (Å²) < 4.78 is 40.6. The second kappa shape index (κ2) is 6.67. The maximum Gasteiger partial charge on any atom is 0.433 e. The highest BCUT2D eigenvalue weighted by atomic mass is 19.4. The Morgan fingerprint density at radius 1 is 1.15 bits per heavy atom. The third-order valence-corrected chi connectivity index (χ3v) is 3.94. The van der Waals surface area contributed by atoms with E-state index in [9.17, 15) is 18.0 Å². The van der Waals surface area contributed by atoms with Crippen LogP contribution in [0.4, 0.5) is 18.9 Å². The summed E-state index contributed by atoms with van der Waals surface area (Å²) in [6, 6.07) is 9.17. The van der Waals surface area contributed by atoms with Crippen molar-refractivity contribution in [3.05, 3.63) is 71.8 Å². The number of anilines is 1. The molecule has 2 aromatic heterocycles. The molecule has 1 aromatic carbocycles. The van der Waals surface area contributed by atoms with Crippen LogP contribution < -0.4 is 5.32 Å². The number of aromatic nitrogens is 2. The number of hydrogen-bond acceptors (Lipinski definition) is 2. The highest BCUT2D eigenvalue weighted by Crippen LogP contribution is 2.33. The van der Waals surface area contributed by atoms with Gasteiger partial charge in [-0.05, 0) is 36.2 Å². The lowest BCUT2D eigenvalue weighted by atomic mass is 10.0. The molecule has 134 valence electrons. The zero-order valence-electron chi connectivity index (χ0n) is 14.1.